The first-order valence-electron chi connectivity index (χ1n) is 7.14. The average Bonchev–Trinajstić information content (AvgIpc) is 2.49. The minimum absolute atomic E-state index is 0.240. The number of ether oxygens (including phenoxy) is 1. The maximum atomic E-state index is 12.8. The van der Waals surface area contributed by atoms with Crippen LogP contribution in [0.4, 0.5) is 0 Å². The van der Waals surface area contributed by atoms with Crippen molar-refractivity contribution in [1.29, 1.82) is 0 Å². The summed E-state index contributed by atoms with van der Waals surface area (Å²) >= 11 is 3.34. The summed E-state index contributed by atoms with van der Waals surface area (Å²) in [7, 11) is -3.52. The van der Waals surface area contributed by atoms with Gasteiger partial charge in [-0.05, 0) is 31.7 Å². The van der Waals surface area contributed by atoms with Gasteiger partial charge in [0.1, 0.15) is 10.6 Å². The minimum Gasteiger partial charge on any atom is -0.492 e. The topological polar surface area (TPSA) is 49.9 Å². The molecular formula is C14H21BrN2O3S. The van der Waals surface area contributed by atoms with Crippen LogP contribution in [0.5, 0.6) is 5.75 Å². The average molecular weight is 377 g/mol. The van der Waals surface area contributed by atoms with E-state index in [0.717, 1.165) is 24.1 Å². The highest BCUT2D eigenvalue weighted by Crippen LogP contribution is 2.30. The van der Waals surface area contributed by atoms with E-state index in [9.17, 15) is 8.42 Å². The number of hydrogen-bond acceptors (Lipinski definition) is 4. The predicted octanol–water partition coefficient (Wildman–Crippen LogP) is 2.17. The van der Waals surface area contributed by atoms with E-state index in [2.05, 4.69) is 27.8 Å². The second kappa shape index (κ2) is 7.09. The molecule has 7 heteroatoms. The number of likely N-dealkylation sites (N-methyl/N-ethyl adjacent to an activating group) is 1. The zero-order valence-corrected chi connectivity index (χ0v) is 14.8. The van der Waals surface area contributed by atoms with E-state index in [-0.39, 0.29) is 4.90 Å². The van der Waals surface area contributed by atoms with Gasteiger partial charge >= 0.3 is 0 Å². The zero-order chi connectivity index (χ0) is 15.5. The summed E-state index contributed by atoms with van der Waals surface area (Å²) < 4.78 is 33.4. The van der Waals surface area contributed by atoms with Crippen molar-refractivity contribution in [3.63, 3.8) is 0 Å². The van der Waals surface area contributed by atoms with Crippen LogP contribution in [0, 0.1) is 0 Å². The van der Waals surface area contributed by atoms with Crippen LogP contribution in [0.25, 0.3) is 0 Å². The fourth-order valence-corrected chi connectivity index (χ4v) is 4.48. The molecule has 0 aromatic heterocycles. The molecule has 1 aromatic rings. The zero-order valence-electron chi connectivity index (χ0n) is 12.4. The number of nitrogens with zero attached hydrogens (tertiary/aromatic N) is 2. The molecule has 0 bridgehead atoms. The molecule has 0 aliphatic carbocycles. The minimum atomic E-state index is -3.52. The van der Waals surface area contributed by atoms with Gasteiger partial charge in [-0.25, -0.2) is 8.42 Å². The van der Waals surface area contributed by atoms with E-state index in [0.29, 0.717) is 25.4 Å². The Hall–Kier alpha value is -0.630. The third-order valence-corrected chi connectivity index (χ3v) is 6.01. The summed E-state index contributed by atoms with van der Waals surface area (Å²) in [6.07, 6.45) is 0. The van der Waals surface area contributed by atoms with Crippen LogP contribution in [-0.2, 0) is 10.0 Å². The van der Waals surface area contributed by atoms with Crippen LogP contribution in [-0.4, -0.2) is 57.0 Å². The number of sulfonamides is 1. The molecule has 118 valence electrons. The Bertz CT molecular complexity index is 584. The number of halogens is 1. The molecule has 1 aliphatic heterocycles. The first-order valence-corrected chi connectivity index (χ1v) is 9.37. The van der Waals surface area contributed by atoms with Gasteiger partial charge in [0, 0.05) is 30.7 Å². The van der Waals surface area contributed by atoms with Gasteiger partial charge in [-0.15, -0.1) is 0 Å². The molecule has 2 rings (SSSR count). The van der Waals surface area contributed by atoms with Gasteiger partial charge in [-0.3, -0.25) is 0 Å². The van der Waals surface area contributed by atoms with Crippen molar-refractivity contribution in [3.05, 3.63) is 22.7 Å². The van der Waals surface area contributed by atoms with Gasteiger partial charge in [-0.2, -0.15) is 4.31 Å². The molecule has 0 saturated carbocycles. The Morgan fingerprint density at radius 2 is 1.86 bits per heavy atom. The Morgan fingerprint density at radius 3 is 2.43 bits per heavy atom. The molecule has 0 spiro atoms. The molecule has 0 atom stereocenters. The molecule has 0 unspecified atom stereocenters. The van der Waals surface area contributed by atoms with Gasteiger partial charge in [0.25, 0.3) is 0 Å². The van der Waals surface area contributed by atoms with Crippen molar-refractivity contribution in [3.8, 4) is 5.75 Å². The van der Waals surface area contributed by atoms with Gasteiger partial charge in [-0.1, -0.05) is 22.9 Å². The van der Waals surface area contributed by atoms with Crippen LogP contribution in [0.1, 0.15) is 13.8 Å². The molecule has 1 heterocycles. The molecule has 1 aromatic carbocycles. The summed E-state index contributed by atoms with van der Waals surface area (Å²) in [6, 6.07) is 5.11. The maximum absolute atomic E-state index is 12.8. The lowest BCUT2D eigenvalue weighted by molar-refractivity contribution is 0.196. The number of benzene rings is 1. The van der Waals surface area contributed by atoms with Gasteiger partial charge < -0.3 is 9.64 Å². The fourth-order valence-electron chi connectivity index (χ4n) is 2.38. The third-order valence-electron chi connectivity index (χ3n) is 3.60. The first kappa shape index (κ1) is 16.7. The first-order chi connectivity index (χ1) is 9.98. The van der Waals surface area contributed by atoms with Crippen LogP contribution < -0.4 is 4.74 Å². The van der Waals surface area contributed by atoms with Gasteiger partial charge in [0.15, 0.2) is 0 Å². The highest BCUT2D eigenvalue weighted by Gasteiger charge is 2.30. The van der Waals surface area contributed by atoms with Crippen LogP contribution in [0.15, 0.2) is 27.6 Å². The highest BCUT2D eigenvalue weighted by atomic mass is 79.9. The second-order valence-electron chi connectivity index (χ2n) is 4.86. The monoisotopic (exact) mass is 376 g/mol. The van der Waals surface area contributed by atoms with Crippen LogP contribution >= 0.6 is 15.9 Å². The molecule has 1 saturated heterocycles. The van der Waals surface area contributed by atoms with Crippen LogP contribution in [0.2, 0.25) is 0 Å². The number of rotatable bonds is 5. The lowest BCUT2D eigenvalue weighted by Crippen LogP contribution is -2.48. The predicted molar refractivity (Wildman–Crippen MR) is 86.2 cm³/mol. The summed E-state index contributed by atoms with van der Waals surface area (Å²) in [4.78, 5) is 2.49. The lowest BCUT2D eigenvalue weighted by atomic mass is 10.3. The molecule has 1 fully saturated rings. The maximum Gasteiger partial charge on any atom is 0.246 e. The SMILES string of the molecule is CCOc1ccc(Br)cc1S(=O)(=O)N1CCN(CC)CC1. The summed E-state index contributed by atoms with van der Waals surface area (Å²) in [5.41, 5.74) is 0. The van der Waals surface area contributed by atoms with E-state index < -0.39 is 10.0 Å². The summed E-state index contributed by atoms with van der Waals surface area (Å²) in [5, 5.41) is 0. The molecule has 1 aliphatic rings. The van der Waals surface area contributed by atoms with Crippen molar-refractivity contribution in [1.82, 2.24) is 9.21 Å². The van der Waals surface area contributed by atoms with E-state index >= 15 is 0 Å². The molecule has 0 N–H and O–H groups in total. The lowest BCUT2D eigenvalue weighted by Gasteiger charge is -2.33. The molecule has 0 amide bonds. The van der Waals surface area contributed by atoms with Crippen molar-refractivity contribution >= 4 is 26.0 Å². The van der Waals surface area contributed by atoms with E-state index in [1.165, 1.54) is 0 Å². The van der Waals surface area contributed by atoms with E-state index in [1.807, 2.05) is 6.92 Å². The van der Waals surface area contributed by atoms with E-state index in [1.54, 1.807) is 22.5 Å². The van der Waals surface area contributed by atoms with Crippen molar-refractivity contribution in [2.75, 3.05) is 39.3 Å². The Morgan fingerprint density at radius 1 is 1.19 bits per heavy atom. The number of hydrogen-bond donors (Lipinski definition) is 0. The molecule has 5 nitrogen and oxygen atoms in total. The summed E-state index contributed by atoms with van der Waals surface area (Å²) in [6.45, 7) is 7.91. The molecular weight excluding hydrogens is 356 g/mol. The van der Waals surface area contributed by atoms with Gasteiger partial charge in [0.2, 0.25) is 10.0 Å². The van der Waals surface area contributed by atoms with Crippen molar-refractivity contribution < 1.29 is 13.2 Å². The summed E-state index contributed by atoms with van der Waals surface area (Å²) in [5.74, 6) is 0.415. The fraction of sp³-hybridized carbons (Fsp3) is 0.571. The molecule has 21 heavy (non-hydrogen) atoms. The van der Waals surface area contributed by atoms with Crippen LogP contribution in [0.3, 0.4) is 0 Å². The third kappa shape index (κ3) is 3.77. The Balaban J connectivity index is 2.29. The quantitative estimate of drug-likeness (QED) is 0.789. The largest absolute Gasteiger partial charge is 0.492 e. The standard InChI is InChI=1S/C14H21BrN2O3S/c1-3-16-7-9-17(10-8-16)21(18,19)14-11-12(15)5-6-13(14)20-4-2/h5-6,11H,3-4,7-10H2,1-2H3. The Kier molecular flexibility index (Phi) is 5.65. The molecule has 0 radical (unpaired) electrons. The second-order valence-corrected chi connectivity index (χ2v) is 7.68. The normalized spacial score (nSPS) is 17.9. The number of piperazine rings is 1. The van der Waals surface area contributed by atoms with Crippen molar-refractivity contribution in [2.24, 2.45) is 0 Å². The Labute approximate surface area is 135 Å². The van der Waals surface area contributed by atoms with E-state index in [4.69, 9.17) is 4.74 Å². The van der Waals surface area contributed by atoms with Gasteiger partial charge in [0.05, 0.1) is 6.61 Å². The highest BCUT2D eigenvalue weighted by molar-refractivity contribution is 9.10. The smallest absolute Gasteiger partial charge is 0.246 e. The van der Waals surface area contributed by atoms with Crippen molar-refractivity contribution in [2.45, 2.75) is 18.7 Å².